The third kappa shape index (κ3) is 2.29. The Morgan fingerprint density at radius 2 is 2.12 bits per heavy atom. The molecule has 0 saturated heterocycles. The molecule has 0 radical (unpaired) electrons. The van der Waals surface area contributed by atoms with E-state index in [1.165, 1.54) is 5.56 Å². The van der Waals surface area contributed by atoms with Gasteiger partial charge in [0.2, 0.25) is 0 Å². The van der Waals surface area contributed by atoms with Crippen molar-refractivity contribution in [3.8, 4) is 0 Å². The van der Waals surface area contributed by atoms with E-state index in [4.69, 9.17) is 0 Å². The van der Waals surface area contributed by atoms with Crippen LogP contribution in [-0.4, -0.2) is 12.2 Å². The molecule has 0 amide bonds. The fourth-order valence-electron chi connectivity index (χ4n) is 2.40. The number of aryl methyl sites for hydroxylation is 1. The van der Waals surface area contributed by atoms with Crippen LogP contribution in [0.3, 0.4) is 0 Å². The van der Waals surface area contributed by atoms with Gasteiger partial charge in [-0.25, -0.2) is 8.78 Å². The van der Waals surface area contributed by atoms with Crippen LogP contribution in [0.2, 0.25) is 0 Å². The van der Waals surface area contributed by atoms with Crippen LogP contribution >= 0.6 is 0 Å². The molecule has 86 valence electrons. The molecule has 0 heterocycles. The number of alkyl halides is 2. The summed E-state index contributed by atoms with van der Waals surface area (Å²) < 4.78 is 24.4. The van der Waals surface area contributed by atoms with Crippen LogP contribution in [0.4, 0.5) is 8.78 Å². The zero-order valence-corrected chi connectivity index (χ0v) is 8.96. The molecule has 2 rings (SSSR count). The fraction of sp³-hybridized carbons (Fsp3) is 0.462. The highest BCUT2D eigenvalue weighted by atomic mass is 19.3. The monoisotopic (exact) mass is 224 g/mol. The molecule has 1 aliphatic carbocycles. The van der Waals surface area contributed by atoms with E-state index < -0.39 is 12.2 Å². The quantitative estimate of drug-likeness (QED) is 0.769. The van der Waals surface area contributed by atoms with E-state index in [9.17, 15) is 13.6 Å². The molecule has 1 atom stereocenters. The number of fused-ring (bicyclic) bond motifs is 1. The third-order valence-electron chi connectivity index (χ3n) is 3.18. The van der Waals surface area contributed by atoms with Crippen LogP contribution in [0.25, 0.3) is 0 Å². The van der Waals surface area contributed by atoms with Gasteiger partial charge in [0.25, 0.3) is 6.43 Å². The second-order valence-corrected chi connectivity index (χ2v) is 4.26. The summed E-state index contributed by atoms with van der Waals surface area (Å²) in [7, 11) is 0. The van der Waals surface area contributed by atoms with Crippen LogP contribution in [0.15, 0.2) is 24.3 Å². The lowest BCUT2D eigenvalue weighted by Gasteiger charge is -2.24. The van der Waals surface area contributed by atoms with Gasteiger partial charge in [0.15, 0.2) is 5.78 Å². The number of carbonyl (C=O) groups excluding carboxylic acids is 1. The first-order chi connectivity index (χ1) is 7.68. The summed E-state index contributed by atoms with van der Waals surface area (Å²) in [5.41, 5.74) is 2.29. The van der Waals surface area contributed by atoms with Crippen molar-refractivity contribution in [3.05, 3.63) is 35.4 Å². The molecule has 0 bridgehead atoms. The molecule has 1 aromatic rings. The first-order valence-corrected chi connectivity index (χ1v) is 5.57. The maximum atomic E-state index is 12.2. The molecule has 0 aromatic heterocycles. The predicted molar refractivity (Wildman–Crippen MR) is 57.7 cm³/mol. The van der Waals surface area contributed by atoms with Gasteiger partial charge < -0.3 is 0 Å². The second kappa shape index (κ2) is 4.73. The summed E-state index contributed by atoms with van der Waals surface area (Å²) >= 11 is 0. The molecule has 0 saturated carbocycles. The molecule has 1 aromatic carbocycles. The summed E-state index contributed by atoms with van der Waals surface area (Å²) in [6, 6.07) is 7.84. The Labute approximate surface area is 93.5 Å². The minimum absolute atomic E-state index is 0.00792. The zero-order valence-electron chi connectivity index (χ0n) is 8.96. The van der Waals surface area contributed by atoms with E-state index in [0.29, 0.717) is 0 Å². The van der Waals surface area contributed by atoms with Crippen molar-refractivity contribution in [3.63, 3.8) is 0 Å². The largest absolute Gasteiger partial charge is 0.296 e. The normalized spacial score (nSPS) is 19.6. The van der Waals surface area contributed by atoms with Gasteiger partial charge in [0, 0.05) is 6.42 Å². The van der Waals surface area contributed by atoms with E-state index in [-0.39, 0.29) is 12.3 Å². The predicted octanol–water partition coefficient (Wildman–Crippen LogP) is 3.33. The maximum Gasteiger partial charge on any atom is 0.296 e. The molecular formula is C13H14F2O. The lowest BCUT2D eigenvalue weighted by atomic mass is 9.80. The van der Waals surface area contributed by atoms with Crippen molar-refractivity contribution in [2.75, 3.05) is 0 Å². The van der Waals surface area contributed by atoms with Crippen LogP contribution in [0, 0.1) is 0 Å². The average molecular weight is 224 g/mol. The van der Waals surface area contributed by atoms with Crippen LogP contribution < -0.4 is 0 Å². The molecule has 0 aliphatic heterocycles. The fourth-order valence-corrected chi connectivity index (χ4v) is 2.40. The Hall–Kier alpha value is -1.25. The zero-order chi connectivity index (χ0) is 11.5. The number of benzene rings is 1. The van der Waals surface area contributed by atoms with Gasteiger partial charge in [-0.05, 0) is 36.3 Å². The number of ketones is 1. The van der Waals surface area contributed by atoms with Crippen LogP contribution in [0.1, 0.15) is 36.3 Å². The van der Waals surface area contributed by atoms with E-state index in [0.717, 1.165) is 24.8 Å². The van der Waals surface area contributed by atoms with Gasteiger partial charge in [-0.1, -0.05) is 24.3 Å². The lowest BCUT2D eigenvalue weighted by molar-refractivity contribution is -0.129. The standard InChI is InChI=1S/C13H14F2O/c14-13(15)12(16)8-10-6-3-5-9-4-1-2-7-11(9)10/h1-2,4,7,10,13H,3,5-6,8H2. The number of hydrogen-bond donors (Lipinski definition) is 0. The Bertz CT molecular complexity index is 387. The van der Waals surface area contributed by atoms with E-state index in [1.54, 1.807) is 0 Å². The highest BCUT2D eigenvalue weighted by Gasteiger charge is 2.25. The van der Waals surface area contributed by atoms with Gasteiger partial charge in [-0.15, -0.1) is 0 Å². The van der Waals surface area contributed by atoms with Gasteiger partial charge in [0.1, 0.15) is 0 Å². The van der Waals surface area contributed by atoms with Gasteiger partial charge in [-0.2, -0.15) is 0 Å². The minimum atomic E-state index is -2.82. The van der Waals surface area contributed by atoms with Crippen molar-refractivity contribution in [1.29, 1.82) is 0 Å². The van der Waals surface area contributed by atoms with Crippen molar-refractivity contribution < 1.29 is 13.6 Å². The minimum Gasteiger partial charge on any atom is -0.293 e. The van der Waals surface area contributed by atoms with Crippen LogP contribution in [-0.2, 0) is 11.2 Å². The lowest BCUT2D eigenvalue weighted by Crippen LogP contribution is -2.18. The van der Waals surface area contributed by atoms with Crippen molar-refractivity contribution in [1.82, 2.24) is 0 Å². The molecule has 1 aliphatic rings. The van der Waals surface area contributed by atoms with Crippen molar-refractivity contribution in [2.24, 2.45) is 0 Å². The molecular weight excluding hydrogens is 210 g/mol. The van der Waals surface area contributed by atoms with Gasteiger partial charge in [0.05, 0.1) is 0 Å². The summed E-state index contributed by atoms with van der Waals surface area (Å²) in [4.78, 5) is 11.1. The van der Waals surface area contributed by atoms with E-state index in [2.05, 4.69) is 0 Å². The summed E-state index contributed by atoms with van der Waals surface area (Å²) in [6.45, 7) is 0. The molecule has 1 nitrogen and oxygen atoms in total. The van der Waals surface area contributed by atoms with Crippen molar-refractivity contribution >= 4 is 5.78 Å². The third-order valence-corrected chi connectivity index (χ3v) is 3.18. The molecule has 3 heteroatoms. The average Bonchev–Trinajstić information content (AvgIpc) is 2.29. The Morgan fingerprint density at radius 1 is 1.38 bits per heavy atom. The highest BCUT2D eigenvalue weighted by molar-refractivity contribution is 5.82. The molecule has 1 unspecified atom stereocenters. The van der Waals surface area contributed by atoms with E-state index in [1.807, 2.05) is 24.3 Å². The van der Waals surface area contributed by atoms with Crippen LogP contribution in [0.5, 0.6) is 0 Å². The molecule has 0 N–H and O–H groups in total. The number of carbonyl (C=O) groups is 1. The molecule has 0 spiro atoms. The van der Waals surface area contributed by atoms with Gasteiger partial charge >= 0.3 is 0 Å². The maximum absolute atomic E-state index is 12.2. The highest BCUT2D eigenvalue weighted by Crippen LogP contribution is 2.34. The number of hydrogen-bond acceptors (Lipinski definition) is 1. The topological polar surface area (TPSA) is 17.1 Å². The molecule has 0 fully saturated rings. The number of rotatable bonds is 3. The van der Waals surface area contributed by atoms with E-state index >= 15 is 0 Å². The van der Waals surface area contributed by atoms with Crippen molar-refractivity contribution in [2.45, 2.75) is 38.0 Å². The Balaban J connectivity index is 2.16. The number of halogens is 2. The second-order valence-electron chi connectivity index (χ2n) is 4.26. The summed E-state index contributed by atoms with van der Waals surface area (Å²) in [5.74, 6) is -0.937. The Kier molecular flexibility index (Phi) is 3.32. The molecule has 16 heavy (non-hydrogen) atoms. The first kappa shape index (κ1) is 11.2. The Morgan fingerprint density at radius 3 is 2.88 bits per heavy atom. The smallest absolute Gasteiger partial charge is 0.293 e. The SMILES string of the molecule is O=C(CC1CCCc2ccccc21)C(F)F. The summed E-state index contributed by atoms with van der Waals surface area (Å²) in [6.07, 6.45) is -0.0215. The van der Waals surface area contributed by atoms with Gasteiger partial charge in [-0.3, -0.25) is 4.79 Å². The first-order valence-electron chi connectivity index (χ1n) is 5.57. The summed E-state index contributed by atoms with van der Waals surface area (Å²) in [5, 5.41) is 0. The number of Topliss-reactive ketones (excluding diaryl/α,β-unsaturated/α-hetero) is 1.